The van der Waals surface area contributed by atoms with E-state index in [0.29, 0.717) is 23.4 Å². The molecule has 3 aromatic carbocycles. The lowest BCUT2D eigenvalue weighted by atomic mass is 9.87. The van der Waals surface area contributed by atoms with E-state index in [9.17, 15) is 22.4 Å². The third-order valence-corrected chi connectivity index (χ3v) is 6.23. The van der Waals surface area contributed by atoms with Gasteiger partial charge < -0.3 is 5.32 Å². The molecule has 3 nitrogen and oxygen atoms in total. The van der Waals surface area contributed by atoms with Gasteiger partial charge in [-0.05, 0) is 30.5 Å². The van der Waals surface area contributed by atoms with Crippen molar-refractivity contribution in [1.29, 1.82) is 0 Å². The highest BCUT2D eigenvalue weighted by Gasteiger charge is 2.33. The van der Waals surface area contributed by atoms with Gasteiger partial charge in [0.25, 0.3) is 0 Å². The minimum atomic E-state index is -1.15. The average molecular weight is 501 g/mol. The van der Waals surface area contributed by atoms with Gasteiger partial charge in [-0.25, -0.2) is 17.6 Å². The van der Waals surface area contributed by atoms with E-state index in [0.717, 1.165) is 11.6 Å². The van der Waals surface area contributed by atoms with Gasteiger partial charge in [0, 0.05) is 40.4 Å². The van der Waals surface area contributed by atoms with Gasteiger partial charge in [0.05, 0.1) is 5.56 Å². The van der Waals surface area contributed by atoms with E-state index < -0.39 is 34.9 Å². The van der Waals surface area contributed by atoms with E-state index in [-0.39, 0.29) is 34.6 Å². The number of rotatable bonds is 6. The number of hydrogen-bond acceptors (Lipinski definition) is 3. The smallest absolute Gasteiger partial charge is 0.163 e. The first-order valence-electron chi connectivity index (χ1n) is 10.9. The van der Waals surface area contributed by atoms with Crippen molar-refractivity contribution in [3.63, 3.8) is 0 Å². The number of benzene rings is 3. The Balaban J connectivity index is 1.79. The zero-order chi connectivity index (χ0) is 25.3. The fraction of sp³-hybridized carbons (Fsp3) is 0.185. The first-order chi connectivity index (χ1) is 16.7. The summed E-state index contributed by atoms with van der Waals surface area (Å²) in [4.78, 5) is 17.9. The Kier molecular flexibility index (Phi) is 7.08. The molecular weight excluding hydrogens is 480 g/mol. The van der Waals surface area contributed by atoms with Gasteiger partial charge in [-0.15, -0.1) is 0 Å². The van der Waals surface area contributed by atoms with Crippen LogP contribution in [0.4, 0.5) is 17.6 Å². The monoisotopic (exact) mass is 500 g/mol. The lowest BCUT2D eigenvalue weighted by Gasteiger charge is -2.28. The summed E-state index contributed by atoms with van der Waals surface area (Å²) >= 11 is 6.30. The molecular formula is C27H21ClF4N2O. The minimum absolute atomic E-state index is 0.00857. The lowest BCUT2D eigenvalue weighted by Crippen LogP contribution is -2.34. The maximum absolute atomic E-state index is 14.5. The molecule has 4 rings (SSSR count). The number of nitrogens with one attached hydrogen (secondary N) is 1. The number of hydrogen-bond donors (Lipinski definition) is 1. The summed E-state index contributed by atoms with van der Waals surface area (Å²) in [5.74, 6) is -4.56. The van der Waals surface area contributed by atoms with Crippen molar-refractivity contribution < 1.29 is 22.4 Å². The fourth-order valence-corrected chi connectivity index (χ4v) is 4.44. The number of ketones is 1. The molecule has 0 aliphatic carbocycles. The van der Waals surface area contributed by atoms with Gasteiger partial charge >= 0.3 is 0 Å². The summed E-state index contributed by atoms with van der Waals surface area (Å²) in [5, 5.41) is 2.81. The lowest BCUT2D eigenvalue weighted by molar-refractivity contribution is -0.116. The normalized spacial score (nSPS) is 16.5. The number of Topliss-reactive ketones (excluding diaryl/α,β-unsaturated/α-hetero) is 1. The van der Waals surface area contributed by atoms with Crippen molar-refractivity contribution in [1.82, 2.24) is 5.32 Å². The molecule has 0 saturated heterocycles. The molecule has 1 aliphatic rings. The van der Waals surface area contributed by atoms with Crippen LogP contribution in [0.2, 0.25) is 5.02 Å². The summed E-state index contributed by atoms with van der Waals surface area (Å²) < 4.78 is 56.3. The highest BCUT2D eigenvalue weighted by Crippen LogP contribution is 2.38. The standard InChI is InChI=1S/C27H21ClF4N2O/c1-14(16-6-4-3-5-7-16)10-23(35)24-15(2)33-27(25-21(31)12-18(30)13-22(25)32)34-26(24)19-9-8-17(29)11-20(19)28/h3-9,11-14,26H,10H2,1-2H3,(H,33,34)/t14-,26-/m0/s1. The molecule has 1 aliphatic heterocycles. The van der Waals surface area contributed by atoms with Gasteiger partial charge in [0.1, 0.15) is 35.1 Å². The van der Waals surface area contributed by atoms with Crippen LogP contribution in [0.5, 0.6) is 0 Å². The van der Waals surface area contributed by atoms with Crippen LogP contribution in [-0.4, -0.2) is 11.6 Å². The molecule has 0 bridgehead atoms. The van der Waals surface area contributed by atoms with Gasteiger partial charge in [0.15, 0.2) is 5.78 Å². The van der Waals surface area contributed by atoms with Crippen LogP contribution >= 0.6 is 11.6 Å². The number of allylic oxidation sites excluding steroid dienone is 1. The number of amidine groups is 1. The van der Waals surface area contributed by atoms with Crippen LogP contribution in [0.1, 0.15) is 48.9 Å². The van der Waals surface area contributed by atoms with Gasteiger partial charge in [-0.1, -0.05) is 54.9 Å². The van der Waals surface area contributed by atoms with Crippen molar-refractivity contribution in [2.24, 2.45) is 4.99 Å². The first-order valence-corrected chi connectivity index (χ1v) is 11.3. The molecule has 0 amide bonds. The molecule has 2 atom stereocenters. The molecule has 1 N–H and O–H groups in total. The molecule has 0 aromatic heterocycles. The number of carbonyl (C=O) groups is 1. The Morgan fingerprint density at radius 2 is 1.66 bits per heavy atom. The maximum Gasteiger partial charge on any atom is 0.163 e. The quantitative estimate of drug-likeness (QED) is 0.369. The summed E-state index contributed by atoms with van der Waals surface area (Å²) in [6.07, 6.45) is 0.137. The summed E-state index contributed by atoms with van der Waals surface area (Å²) in [7, 11) is 0. The molecule has 0 unspecified atom stereocenters. The highest BCUT2D eigenvalue weighted by molar-refractivity contribution is 6.31. The van der Waals surface area contributed by atoms with Gasteiger partial charge in [0.2, 0.25) is 0 Å². The molecule has 35 heavy (non-hydrogen) atoms. The number of carbonyl (C=O) groups excluding carboxylic acids is 1. The second kappa shape index (κ2) is 10.0. The third kappa shape index (κ3) is 5.15. The first kappa shape index (κ1) is 24.7. The van der Waals surface area contributed by atoms with Crippen LogP contribution in [-0.2, 0) is 4.79 Å². The Morgan fingerprint density at radius 1 is 1.00 bits per heavy atom. The molecule has 0 fully saturated rings. The maximum atomic E-state index is 14.5. The Bertz CT molecular complexity index is 1330. The topological polar surface area (TPSA) is 41.5 Å². The predicted octanol–water partition coefficient (Wildman–Crippen LogP) is 7.02. The number of nitrogens with zero attached hydrogens (tertiary/aromatic N) is 1. The Labute approximate surface area is 205 Å². The van der Waals surface area contributed by atoms with Crippen molar-refractivity contribution >= 4 is 23.2 Å². The van der Waals surface area contributed by atoms with Crippen LogP contribution in [0.3, 0.4) is 0 Å². The van der Waals surface area contributed by atoms with Crippen molar-refractivity contribution in [2.75, 3.05) is 0 Å². The highest BCUT2D eigenvalue weighted by atomic mass is 35.5. The molecule has 8 heteroatoms. The second-order valence-corrected chi connectivity index (χ2v) is 8.80. The Morgan fingerprint density at radius 3 is 2.29 bits per heavy atom. The SMILES string of the molecule is CC1=C(C(=O)C[C@H](C)c2ccccc2)[C@H](c2ccc(F)cc2Cl)N=C(c2c(F)cc(F)cc2F)N1. The zero-order valence-electron chi connectivity index (χ0n) is 18.9. The fourth-order valence-electron chi connectivity index (χ4n) is 4.17. The van der Waals surface area contributed by atoms with E-state index >= 15 is 0 Å². The summed E-state index contributed by atoms with van der Waals surface area (Å²) in [6.45, 7) is 3.50. The van der Waals surface area contributed by atoms with E-state index in [2.05, 4.69) is 10.3 Å². The van der Waals surface area contributed by atoms with Crippen molar-refractivity contribution in [3.8, 4) is 0 Å². The molecule has 0 saturated carbocycles. The molecule has 0 radical (unpaired) electrons. The van der Waals surface area contributed by atoms with Crippen LogP contribution in [0, 0.1) is 23.3 Å². The third-order valence-electron chi connectivity index (χ3n) is 5.90. The van der Waals surface area contributed by atoms with E-state index in [1.54, 1.807) is 6.92 Å². The van der Waals surface area contributed by atoms with E-state index in [4.69, 9.17) is 11.6 Å². The van der Waals surface area contributed by atoms with Crippen LogP contribution < -0.4 is 5.32 Å². The van der Waals surface area contributed by atoms with Crippen molar-refractivity contribution in [2.45, 2.75) is 32.2 Å². The number of aliphatic imine (C=N–C) groups is 1. The average Bonchev–Trinajstić information content (AvgIpc) is 2.78. The summed E-state index contributed by atoms with van der Waals surface area (Å²) in [5.41, 5.74) is 1.25. The molecule has 1 heterocycles. The largest absolute Gasteiger partial charge is 0.343 e. The zero-order valence-corrected chi connectivity index (χ0v) is 19.6. The number of halogens is 5. The van der Waals surface area contributed by atoms with E-state index in [1.807, 2.05) is 37.3 Å². The molecule has 3 aromatic rings. The van der Waals surface area contributed by atoms with Crippen LogP contribution in [0.25, 0.3) is 0 Å². The Hall–Kier alpha value is -3.45. The van der Waals surface area contributed by atoms with Gasteiger partial charge in [-0.3, -0.25) is 9.79 Å². The minimum Gasteiger partial charge on any atom is -0.343 e. The van der Waals surface area contributed by atoms with Crippen LogP contribution in [0.15, 0.2) is 76.9 Å². The van der Waals surface area contributed by atoms with E-state index in [1.165, 1.54) is 12.1 Å². The summed E-state index contributed by atoms with van der Waals surface area (Å²) in [6, 6.07) is 13.1. The molecule has 180 valence electrons. The van der Waals surface area contributed by atoms with Crippen molar-refractivity contribution in [3.05, 3.63) is 117 Å². The van der Waals surface area contributed by atoms with Gasteiger partial charge in [-0.2, -0.15) is 0 Å². The predicted molar refractivity (Wildman–Crippen MR) is 127 cm³/mol. The molecule has 0 spiro atoms. The second-order valence-electron chi connectivity index (χ2n) is 8.39.